The van der Waals surface area contributed by atoms with Crippen LogP contribution < -0.4 is 0 Å². The second-order valence-electron chi connectivity index (χ2n) is 5.86. The fraction of sp³-hybridized carbons (Fsp3) is 0.923. The first kappa shape index (κ1) is 11.7. The van der Waals surface area contributed by atoms with E-state index in [9.17, 15) is 4.79 Å². The van der Waals surface area contributed by atoms with E-state index in [2.05, 4.69) is 20.8 Å². The first-order valence-corrected chi connectivity index (χ1v) is 6.02. The molecule has 82 valence electrons. The molecule has 0 aromatic rings. The molecule has 0 bridgehead atoms. The van der Waals surface area contributed by atoms with Crippen LogP contribution >= 0.6 is 0 Å². The highest BCUT2D eigenvalue weighted by atomic mass is 16.1. The van der Waals surface area contributed by atoms with E-state index in [0.29, 0.717) is 17.1 Å². The predicted octanol–water partition coefficient (Wildman–Crippen LogP) is 3.96. The van der Waals surface area contributed by atoms with Crippen LogP contribution in [0.1, 0.15) is 65.7 Å². The summed E-state index contributed by atoms with van der Waals surface area (Å²) in [5.41, 5.74) is 0.385. The molecule has 0 heterocycles. The Morgan fingerprint density at radius 1 is 1.21 bits per heavy atom. The molecule has 0 N–H and O–H groups in total. The molecule has 0 aromatic heterocycles. The third-order valence-corrected chi connectivity index (χ3v) is 3.16. The lowest BCUT2D eigenvalue weighted by atomic mass is 9.88. The minimum atomic E-state index is 0.385. The maximum Gasteiger partial charge on any atom is 0.135 e. The van der Waals surface area contributed by atoms with Gasteiger partial charge in [-0.2, -0.15) is 0 Å². The Morgan fingerprint density at radius 3 is 2.29 bits per heavy atom. The van der Waals surface area contributed by atoms with Gasteiger partial charge in [0.1, 0.15) is 5.78 Å². The zero-order valence-electron chi connectivity index (χ0n) is 9.94. The minimum absolute atomic E-state index is 0.385. The van der Waals surface area contributed by atoms with Crippen molar-refractivity contribution in [3.8, 4) is 0 Å². The molecule has 1 heteroatoms. The van der Waals surface area contributed by atoms with Crippen LogP contribution in [0.5, 0.6) is 0 Å². The summed E-state index contributed by atoms with van der Waals surface area (Å²) in [6.45, 7) is 6.73. The van der Waals surface area contributed by atoms with Gasteiger partial charge in [-0.15, -0.1) is 0 Å². The lowest BCUT2D eigenvalue weighted by molar-refractivity contribution is -0.122. The fourth-order valence-electron chi connectivity index (χ4n) is 2.24. The van der Waals surface area contributed by atoms with Crippen LogP contribution in [0.4, 0.5) is 0 Å². The maximum atomic E-state index is 11.7. The fourth-order valence-corrected chi connectivity index (χ4v) is 2.24. The number of hydrogen-bond donors (Lipinski definition) is 0. The molecule has 0 unspecified atom stereocenters. The lowest BCUT2D eigenvalue weighted by Crippen LogP contribution is -2.12. The number of hydrogen-bond acceptors (Lipinski definition) is 1. The first-order valence-electron chi connectivity index (χ1n) is 6.02. The van der Waals surface area contributed by atoms with E-state index in [1.807, 2.05) is 0 Å². The van der Waals surface area contributed by atoms with Crippen LogP contribution in [0.15, 0.2) is 0 Å². The molecule has 1 aliphatic rings. The second kappa shape index (κ2) is 4.95. The summed E-state index contributed by atoms with van der Waals surface area (Å²) in [5.74, 6) is 0.960. The van der Waals surface area contributed by atoms with E-state index >= 15 is 0 Å². The Hall–Kier alpha value is -0.330. The monoisotopic (exact) mass is 196 g/mol. The van der Waals surface area contributed by atoms with Crippen molar-refractivity contribution in [1.29, 1.82) is 0 Å². The van der Waals surface area contributed by atoms with E-state index in [1.54, 1.807) is 0 Å². The van der Waals surface area contributed by atoms with E-state index < -0.39 is 0 Å². The largest absolute Gasteiger partial charge is 0.299 e. The van der Waals surface area contributed by atoms with Crippen LogP contribution in [0.2, 0.25) is 0 Å². The van der Waals surface area contributed by atoms with Gasteiger partial charge in [-0.05, 0) is 31.1 Å². The summed E-state index contributed by atoms with van der Waals surface area (Å²) >= 11 is 0. The molecule has 0 aromatic carbocycles. The third kappa shape index (κ3) is 4.26. The molecule has 0 amide bonds. The van der Waals surface area contributed by atoms with Gasteiger partial charge in [0.2, 0.25) is 0 Å². The first-order chi connectivity index (χ1) is 6.49. The molecule has 0 saturated heterocycles. The minimum Gasteiger partial charge on any atom is -0.299 e. The van der Waals surface area contributed by atoms with Crippen molar-refractivity contribution in [3.05, 3.63) is 0 Å². The normalized spacial score (nSPS) is 18.8. The molecule has 1 rings (SSSR count). The third-order valence-electron chi connectivity index (χ3n) is 3.16. The summed E-state index contributed by atoms with van der Waals surface area (Å²) < 4.78 is 0. The maximum absolute atomic E-state index is 11.7. The topological polar surface area (TPSA) is 17.1 Å². The van der Waals surface area contributed by atoms with Crippen molar-refractivity contribution < 1.29 is 4.79 Å². The van der Waals surface area contributed by atoms with Crippen LogP contribution in [0.3, 0.4) is 0 Å². The second-order valence-corrected chi connectivity index (χ2v) is 5.86. The van der Waals surface area contributed by atoms with E-state index in [4.69, 9.17) is 0 Å². The Morgan fingerprint density at radius 2 is 1.79 bits per heavy atom. The lowest BCUT2D eigenvalue weighted by Gasteiger charge is -2.17. The van der Waals surface area contributed by atoms with Crippen LogP contribution in [-0.4, -0.2) is 5.78 Å². The summed E-state index contributed by atoms with van der Waals surface area (Å²) in [6, 6.07) is 0. The summed E-state index contributed by atoms with van der Waals surface area (Å²) in [5, 5.41) is 0. The number of carbonyl (C=O) groups is 1. The van der Waals surface area contributed by atoms with Crippen LogP contribution in [0, 0.1) is 11.3 Å². The van der Waals surface area contributed by atoms with Crippen LogP contribution in [0.25, 0.3) is 0 Å². The molecule has 14 heavy (non-hydrogen) atoms. The zero-order valence-corrected chi connectivity index (χ0v) is 9.94. The van der Waals surface area contributed by atoms with Crippen molar-refractivity contribution in [3.63, 3.8) is 0 Å². The Labute approximate surface area is 88.3 Å². The van der Waals surface area contributed by atoms with Crippen molar-refractivity contribution in [1.82, 2.24) is 0 Å². The summed E-state index contributed by atoms with van der Waals surface area (Å²) in [6.07, 6.45) is 7.94. The van der Waals surface area contributed by atoms with Crippen molar-refractivity contribution in [2.75, 3.05) is 0 Å². The quantitative estimate of drug-likeness (QED) is 0.665. The highest BCUT2D eigenvalue weighted by molar-refractivity contribution is 5.81. The Balaban J connectivity index is 2.15. The highest BCUT2D eigenvalue weighted by Gasteiger charge is 2.22. The molecule has 1 aliphatic carbocycles. The molecular formula is C13H24O. The standard InChI is InChI=1S/C13H24O/c1-13(2,3)10-6-9-12(14)11-7-4-5-8-11/h11H,4-10H2,1-3H3. The molecular weight excluding hydrogens is 172 g/mol. The predicted molar refractivity (Wildman–Crippen MR) is 60.3 cm³/mol. The zero-order chi connectivity index (χ0) is 10.6. The van der Waals surface area contributed by atoms with E-state index in [1.165, 1.54) is 19.3 Å². The number of rotatable bonds is 4. The van der Waals surface area contributed by atoms with Crippen LogP contribution in [-0.2, 0) is 4.79 Å². The number of Topliss-reactive ketones (excluding diaryl/α,β-unsaturated/α-hetero) is 1. The molecule has 0 atom stereocenters. The van der Waals surface area contributed by atoms with Crippen molar-refractivity contribution in [2.45, 2.75) is 65.7 Å². The van der Waals surface area contributed by atoms with Gasteiger partial charge >= 0.3 is 0 Å². The van der Waals surface area contributed by atoms with E-state index in [0.717, 1.165) is 25.7 Å². The molecule has 0 aliphatic heterocycles. The highest BCUT2D eigenvalue weighted by Crippen LogP contribution is 2.28. The summed E-state index contributed by atoms with van der Waals surface area (Å²) in [4.78, 5) is 11.7. The SMILES string of the molecule is CC(C)(C)CCCC(=O)C1CCCC1. The summed E-state index contributed by atoms with van der Waals surface area (Å²) in [7, 11) is 0. The van der Waals surface area contributed by atoms with Gasteiger partial charge in [-0.1, -0.05) is 33.6 Å². The van der Waals surface area contributed by atoms with Gasteiger partial charge in [0.05, 0.1) is 0 Å². The Bertz CT molecular complexity index is 182. The Kier molecular flexibility index (Phi) is 4.15. The molecule has 1 nitrogen and oxygen atoms in total. The molecule has 0 spiro atoms. The van der Waals surface area contributed by atoms with Crippen molar-refractivity contribution in [2.24, 2.45) is 11.3 Å². The van der Waals surface area contributed by atoms with Gasteiger partial charge < -0.3 is 0 Å². The molecule has 1 fully saturated rings. The van der Waals surface area contributed by atoms with Gasteiger partial charge in [0.25, 0.3) is 0 Å². The molecule has 1 saturated carbocycles. The van der Waals surface area contributed by atoms with Gasteiger partial charge in [-0.25, -0.2) is 0 Å². The average molecular weight is 196 g/mol. The smallest absolute Gasteiger partial charge is 0.135 e. The number of carbonyl (C=O) groups excluding carboxylic acids is 1. The van der Waals surface area contributed by atoms with Crippen molar-refractivity contribution >= 4 is 5.78 Å². The molecule has 0 radical (unpaired) electrons. The number of ketones is 1. The van der Waals surface area contributed by atoms with Gasteiger partial charge in [-0.3, -0.25) is 4.79 Å². The average Bonchev–Trinajstić information content (AvgIpc) is 2.53. The van der Waals surface area contributed by atoms with E-state index in [-0.39, 0.29) is 0 Å². The van der Waals surface area contributed by atoms with Gasteiger partial charge in [0, 0.05) is 12.3 Å². The van der Waals surface area contributed by atoms with Gasteiger partial charge in [0.15, 0.2) is 0 Å².